The quantitative estimate of drug-likeness (QED) is 0.688. The van der Waals surface area contributed by atoms with E-state index in [0.29, 0.717) is 10.8 Å². The lowest BCUT2D eigenvalue weighted by Gasteiger charge is -2.54. The minimum Gasteiger partial charge on any atom is -0.331 e. The van der Waals surface area contributed by atoms with E-state index in [0.717, 1.165) is 10.4 Å². The van der Waals surface area contributed by atoms with Crippen LogP contribution in [0.4, 0.5) is 0 Å². The highest BCUT2D eigenvalue weighted by Crippen LogP contribution is 2.60. The van der Waals surface area contributed by atoms with Crippen molar-refractivity contribution >= 4 is 0 Å². The fraction of sp³-hybridized carbons (Fsp3) is 1.00. The summed E-state index contributed by atoms with van der Waals surface area (Å²) >= 11 is 0. The Balaban J connectivity index is 2.00. The largest absolute Gasteiger partial charge is 0.331 e. The van der Waals surface area contributed by atoms with Crippen molar-refractivity contribution in [2.45, 2.75) is 40.0 Å². The van der Waals surface area contributed by atoms with Gasteiger partial charge in [0.15, 0.2) is 0 Å². The van der Waals surface area contributed by atoms with Crippen LogP contribution in [0.2, 0.25) is 0 Å². The smallest absolute Gasteiger partial charge is 0.0844 e. The zero-order valence-corrected chi connectivity index (χ0v) is 14.4. The van der Waals surface area contributed by atoms with Crippen LogP contribution in [0, 0.1) is 16.7 Å². The Labute approximate surface area is 121 Å². The first kappa shape index (κ1) is 15.3. The van der Waals surface area contributed by atoms with E-state index in [2.05, 4.69) is 49.0 Å². The number of rotatable bonds is 4. The molecule has 19 heavy (non-hydrogen) atoms. The Morgan fingerprint density at radius 1 is 1.16 bits per heavy atom. The Bertz CT molecular complexity index is 342. The van der Waals surface area contributed by atoms with Crippen LogP contribution in [-0.4, -0.2) is 63.3 Å². The molecule has 2 aliphatic rings. The lowest BCUT2D eigenvalue weighted by Crippen LogP contribution is -2.61. The number of nitrogens with zero attached hydrogens (tertiary/aromatic N) is 2. The normalized spacial score (nSPS) is 41.5. The maximum absolute atomic E-state index is 2.56. The van der Waals surface area contributed by atoms with Gasteiger partial charge in [-0.15, -0.1) is 0 Å². The molecule has 3 atom stereocenters. The van der Waals surface area contributed by atoms with Gasteiger partial charge in [0.1, 0.15) is 0 Å². The van der Waals surface area contributed by atoms with Gasteiger partial charge in [-0.3, -0.25) is 0 Å². The van der Waals surface area contributed by atoms with Crippen molar-refractivity contribution in [3.8, 4) is 0 Å². The minimum absolute atomic E-state index is 0.560. The van der Waals surface area contributed by atoms with Gasteiger partial charge < -0.3 is 8.97 Å². The van der Waals surface area contributed by atoms with Crippen LogP contribution >= 0.6 is 0 Å². The summed E-state index contributed by atoms with van der Waals surface area (Å²) in [7, 11) is 9.44. The van der Waals surface area contributed by atoms with Crippen molar-refractivity contribution in [1.82, 2.24) is 0 Å². The van der Waals surface area contributed by atoms with Gasteiger partial charge in [-0.25, -0.2) is 0 Å². The van der Waals surface area contributed by atoms with E-state index in [4.69, 9.17) is 0 Å². The monoisotopic (exact) mass is 268 g/mol. The van der Waals surface area contributed by atoms with E-state index in [1.165, 1.54) is 49.9 Å². The molecule has 0 spiro atoms. The molecule has 0 amide bonds. The molecule has 2 nitrogen and oxygen atoms in total. The minimum atomic E-state index is 0.560. The molecule has 0 N–H and O–H groups in total. The molecule has 0 aromatic heterocycles. The molecular formula is C17H36N2+2. The van der Waals surface area contributed by atoms with Crippen LogP contribution < -0.4 is 0 Å². The highest BCUT2D eigenvalue weighted by molar-refractivity contribution is 5.02. The van der Waals surface area contributed by atoms with E-state index in [-0.39, 0.29) is 0 Å². The number of likely N-dealkylation sites (tertiary alicyclic amines) is 1. The van der Waals surface area contributed by atoms with E-state index >= 15 is 0 Å². The Morgan fingerprint density at radius 3 is 2.32 bits per heavy atom. The predicted octanol–water partition coefficient (Wildman–Crippen LogP) is 2.99. The van der Waals surface area contributed by atoms with Crippen molar-refractivity contribution < 1.29 is 8.97 Å². The topological polar surface area (TPSA) is 0 Å². The van der Waals surface area contributed by atoms with Crippen molar-refractivity contribution in [3.63, 3.8) is 0 Å². The molecule has 0 radical (unpaired) electrons. The van der Waals surface area contributed by atoms with Gasteiger partial charge in [0, 0.05) is 17.8 Å². The molecular weight excluding hydrogens is 232 g/mol. The number of hydrogen-bond acceptors (Lipinski definition) is 0. The van der Waals surface area contributed by atoms with Gasteiger partial charge in [-0.1, -0.05) is 20.8 Å². The number of fused-ring (bicyclic) bond motifs is 2. The Hall–Kier alpha value is -0.0800. The summed E-state index contributed by atoms with van der Waals surface area (Å²) in [4.78, 5) is 0. The van der Waals surface area contributed by atoms with Gasteiger partial charge in [0.2, 0.25) is 0 Å². The number of piperidine rings is 1. The van der Waals surface area contributed by atoms with Crippen molar-refractivity contribution in [2.24, 2.45) is 16.7 Å². The molecule has 2 rings (SSSR count). The highest BCUT2D eigenvalue weighted by atomic mass is 15.4. The third kappa shape index (κ3) is 2.85. The number of hydrogen-bond donors (Lipinski definition) is 0. The van der Waals surface area contributed by atoms with Gasteiger partial charge >= 0.3 is 0 Å². The molecule has 1 saturated heterocycles. The van der Waals surface area contributed by atoms with Gasteiger partial charge in [-0.2, -0.15) is 0 Å². The standard InChI is InChI=1S/C17H36N2/c1-16(2)15-9-10-17(16,3)14-19(7,13-15)12-8-11-18(4,5)6/h15H,8-14H2,1-7H3/q+2/t15-,17+,19?/m1/s1. The molecule has 1 heterocycles. The summed E-state index contributed by atoms with van der Waals surface area (Å²) in [6.45, 7) is 13.1. The summed E-state index contributed by atoms with van der Waals surface area (Å²) < 4.78 is 2.43. The van der Waals surface area contributed by atoms with E-state index in [1.54, 1.807) is 0 Å². The van der Waals surface area contributed by atoms with Crippen molar-refractivity contribution in [2.75, 3.05) is 54.4 Å². The fourth-order valence-corrected chi connectivity index (χ4v) is 4.81. The fourth-order valence-electron chi connectivity index (χ4n) is 4.81. The molecule has 0 aromatic carbocycles. The molecule has 2 heteroatoms. The average Bonchev–Trinajstić information content (AvgIpc) is 2.36. The highest BCUT2D eigenvalue weighted by Gasteiger charge is 2.60. The molecule has 2 fully saturated rings. The summed E-state index contributed by atoms with van der Waals surface area (Å²) in [5, 5.41) is 0. The average molecular weight is 268 g/mol. The van der Waals surface area contributed by atoms with Gasteiger partial charge in [-0.05, 0) is 18.3 Å². The van der Waals surface area contributed by atoms with Gasteiger partial charge in [0.25, 0.3) is 0 Å². The lowest BCUT2D eigenvalue weighted by atomic mass is 9.62. The molecule has 2 bridgehead atoms. The first-order valence-corrected chi connectivity index (χ1v) is 8.12. The third-order valence-corrected chi connectivity index (χ3v) is 6.54. The second-order valence-corrected chi connectivity index (χ2v) is 9.57. The Kier molecular flexibility index (Phi) is 3.59. The van der Waals surface area contributed by atoms with E-state index < -0.39 is 0 Å². The molecule has 1 saturated carbocycles. The van der Waals surface area contributed by atoms with Crippen LogP contribution in [0.15, 0.2) is 0 Å². The van der Waals surface area contributed by atoms with E-state index in [9.17, 15) is 0 Å². The zero-order chi connectivity index (χ0) is 14.5. The van der Waals surface area contributed by atoms with Crippen LogP contribution in [0.1, 0.15) is 40.0 Å². The second-order valence-electron chi connectivity index (χ2n) is 9.57. The molecule has 1 aliphatic carbocycles. The Morgan fingerprint density at radius 2 is 1.79 bits per heavy atom. The summed E-state index contributed by atoms with van der Waals surface area (Å²) in [6.07, 6.45) is 4.28. The second kappa shape index (κ2) is 4.46. The molecule has 0 aromatic rings. The van der Waals surface area contributed by atoms with Crippen LogP contribution in [0.25, 0.3) is 0 Å². The van der Waals surface area contributed by atoms with Crippen LogP contribution in [-0.2, 0) is 0 Å². The third-order valence-electron chi connectivity index (χ3n) is 6.54. The maximum atomic E-state index is 2.56. The number of quaternary nitrogens is 2. The molecule has 1 unspecified atom stereocenters. The van der Waals surface area contributed by atoms with Crippen molar-refractivity contribution in [1.29, 1.82) is 0 Å². The van der Waals surface area contributed by atoms with Crippen LogP contribution in [0.5, 0.6) is 0 Å². The van der Waals surface area contributed by atoms with E-state index in [1.807, 2.05) is 0 Å². The van der Waals surface area contributed by atoms with Crippen LogP contribution in [0.3, 0.4) is 0 Å². The summed E-state index contributed by atoms with van der Waals surface area (Å²) in [5.74, 6) is 0.945. The first-order chi connectivity index (χ1) is 8.48. The molecule has 112 valence electrons. The SMILES string of the molecule is CC1(C)[C@@H]2CC[C@@]1(C)C[N+](C)(CCC[N+](C)(C)C)C2. The predicted molar refractivity (Wildman–Crippen MR) is 82.9 cm³/mol. The van der Waals surface area contributed by atoms with Gasteiger partial charge in [0.05, 0.1) is 54.4 Å². The maximum Gasteiger partial charge on any atom is 0.0844 e. The zero-order valence-electron chi connectivity index (χ0n) is 14.4. The van der Waals surface area contributed by atoms with Crippen molar-refractivity contribution in [3.05, 3.63) is 0 Å². The first-order valence-electron chi connectivity index (χ1n) is 8.12. The molecule has 1 aliphatic heterocycles. The summed E-state index contributed by atoms with van der Waals surface area (Å²) in [5.41, 5.74) is 1.13. The lowest BCUT2D eigenvalue weighted by molar-refractivity contribution is -0.931. The summed E-state index contributed by atoms with van der Waals surface area (Å²) in [6, 6.07) is 0.